The number of rotatable bonds is 4. The maximum atomic E-state index is 11.4. The average Bonchev–Trinajstić information content (AvgIpc) is 2.59. The van der Waals surface area contributed by atoms with Gasteiger partial charge in [-0.3, -0.25) is 9.35 Å². The second-order valence-corrected chi connectivity index (χ2v) is 8.40. The Kier molecular flexibility index (Phi) is 9.66. The average molecular weight is 410 g/mol. The normalized spacial score (nSPS) is 17.8. The Morgan fingerprint density at radius 1 is 1.18 bits per heavy atom. The van der Waals surface area contributed by atoms with Crippen molar-refractivity contribution in [3.8, 4) is 17.6 Å². The molecule has 2 atom stereocenters. The first kappa shape index (κ1) is 24.2. The number of primary amides is 1. The summed E-state index contributed by atoms with van der Waals surface area (Å²) in [4.78, 5) is 9.22. The zero-order valence-corrected chi connectivity index (χ0v) is 17.9. The van der Waals surface area contributed by atoms with E-state index in [1.807, 2.05) is 39.0 Å². The van der Waals surface area contributed by atoms with Crippen molar-refractivity contribution in [3.05, 3.63) is 30.3 Å². The molecule has 6 nitrogen and oxygen atoms in total. The molecule has 0 aromatic heterocycles. The first-order chi connectivity index (χ1) is 13.1. The molecule has 1 aromatic rings. The monoisotopic (exact) mass is 409 g/mol. The van der Waals surface area contributed by atoms with Gasteiger partial charge in [0.2, 0.25) is 5.91 Å². The van der Waals surface area contributed by atoms with E-state index >= 15 is 0 Å². The molecule has 0 aliphatic heterocycles. The minimum absolute atomic E-state index is 0.288. The van der Waals surface area contributed by atoms with Gasteiger partial charge in [0, 0.05) is 18.3 Å². The van der Waals surface area contributed by atoms with Gasteiger partial charge in [0.05, 0.1) is 0 Å². The number of carbonyl (C=O) groups is 1. The van der Waals surface area contributed by atoms with Gasteiger partial charge in [0.25, 0.3) is 5.79 Å². The summed E-state index contributed by atoms with van der Waals surface area (Å²) >= 11 is -2.49. The largest absolute Gasteiger partial charge is 0.449 e. The predicted molar refractivity (Wildman–Crippen MR) is 110 cm³/mol. The number of benzene rings is 1. The number of amides is 1. The van der Waals surface area contributed by atoms with Crippen molar-refractivity contribution in [2.24, 2.45) is 17.1 Å². The fraction of sp³-hybridized carbons (Fsp3) is 0.571. The fourth-order valence-corrected chi connectivity index (χ4v) is 3.25. The van der Waals surface area contributed by atoms with Crippen molar-refractivity contribution >= 4 is 17.3 Å². The van der Waals surface area contributed by atoms with Crippen LogP contribution in [-0.4, -0.2) is 20.5 Å². The van der Waals surface area contributed by atoms with Crippen LogP contribution in [-0.2, 0) is 20.3 Å². The van der Waals surface area contributed by atoms with E-state index in [0.29, 0.717) is 5.75 Å². The van der Waals surface area contributed by atoms with Gasteiger partial charge in [0.15, 0.2) is 0 Å². The molecule has 2 rings (SSSR count). The van der Waals surface area contributed by atoms with E-state index in [-0.39, 0.29) is 11.8 Å². The summed E-state index contributed by atoms with van der Waals surface area (Å²) < 4.78 is 32.2. The Morgan fingerprint density at radius 2 is 1.71 bits per heavy atom. The fourth-order valence-electron chi connectivity index (χ4n) is 2.73. The molecule has 0 saturated heterocycles. The highest BCUT2D eigenvalue weighted by Crippen LogP contribution is 2.37. The molecule has 1 saturated carbocycles. The zero-order chi connectivity index (χ0) is 21.2. The second kappa shape index (κ2) is 11.2. The van der Waals surface area contributed by atoms with Crippen LogP contribution in [0.2, 0.25) is 0 Å². The second-order valence-electron chi connectivity index (χ2n) is 7.80. The molecule has 28 heavy (non-hydrogen) atoms. The van der Waals surface area contributed by atoms with E-state index in [9.17, 15) is 13.6 Å². The number of hydrogen-bond acceptors (Lipinski definition) is 4. The summed E-state index contributed by atoms with van der Waals surface area (Å²) in [5.74, 6) is 5.34. The number of carbonyl (C=O) groups excluding carboxylic acids is 1. The minimum Gasteiger partial charge on any atom is -0.449 e. The molecule has 0 radical (unpaired) electrons. The third-order valence-corrected chi connectivity index (χ3v) is 4.60. The number of nitrogens with two attached hydrogens (primary N) is 1. The maximum Gasteiger partial charge on any atom is 0.306 e. The molecule has 0 spiro atoms. The summed E-state index contributed by atoms with van der Waals surface area (Å²) in [5.41, 5.74) is 3.85. The molecule has 1 aliphatic carbocycles. The molecule has 0 bridgehead atoms. The Bertz CT molecular complexity index is 695. The summed E-state index contributed by atoms with van der Waals surface area (Å²) in [6.45, 7) is 6.97. The van der Waals surface area contributed by atoms with Crippen LogP contribution < -0.4 is 10.5 Å². The summed E-state index contributed by atoms with van der Waals surface area (Å²) in [6, 6.07) is 9.13. The third kappa shape index (κ3) is 8.42. The van der Waals surface area contributed by atoms with Crippen LogP contribution in [0.1, 0.15) is 59.8 Å². The number of hydrogen-bond donors (Lipinski definition) is 2. The van der Waals surface area contributed by atoms with Gasteiger partial charge in [-0.1, -0.05) is 64.2 Å². The van der Waals surface area contributed by atoms with Crippen LogP contribution in [0, 0.1) is 23.2 Å². The molecule has 3 N–H and O–H groups in total. The van der Waals surface area contributed by atoms with E-state index in [0.717, 1.165) is 12.8 Å². The minimum atomic E-state index is -2.49. The Morgan fingerprint density at radius 3 is 2.18 bits per heavy atom. The summed E-state index contributed by atoms with van der Waals surface area (Å²) in [5, 5.41) is 0. The molecular weight excluding hydrogens is 378 g/mol. The van der Waals surface area contributed by atoms with Crippen LogP contribution in [0.5, 0.6) is 5.75 Å². The van der Waals surface area contributed by atoms with Crippen LogP contribution in [0.4, 0.5) is 0 Å². The molecule has 1 aromatic carbocycles. The lowest BCUT2D eigenvalue weighted by molar-refractivity contribution is -0.134. The van der Waals surface area contributed by atoms with Crippen molar-refractivity contribution in [2.45, 2.75) is 65.6 Å². The van der Waals surface area contributed by atoms with Crippen LogP contribution in [0.3, 0.4) is 0 Å². The van der Waals surface area contributed by atoms with E-state index in [2.05, 4.69) is 17.6 Å². The highest BCUT2D eigenvalue weighted by Gasteiger charge is 2.47. The molecular formula is C21H31NO5S. The smallest absolute Gasteiger partial charge is 0.306 e. The quantitative estimate of drug-likeness (QED) is 0.444. The van der Waals surface area contributed by atoms with Crippen molar-refractivity contribution in [2.75, 3.05) is 0 Å². The molecule has 2 unspecified atom stereocenters. The number of ether oxygens (including phenoxy) is 1. The third-order valence-electron chi connectivity index (χ3n) is 4.23. The predicted octanol–water partition coefficient (Wildman–Crippen LogP) is 4.04. The van der Waals surface area contributed by atoms with E-state index in [1.54, 1.807) is 12.1 Å². The Balaban J connectivity index is 0.000000892. The summed E-state index contributed by atoms with van der Waals surface area (Å²) in [7, 11) is 0. The van der Waals surface area contributed by atoms with Gasteiger partial charge in [-0.15, -0.1) is 0 Å². The van der Waals surface area contributed by atoms with Crippen molar-refractivity contribution in [1.29, 1.82) is 0 Å². The lowest BCUT2D eigenvalue weighted by atomic mass is 9.84. The number of para-hydroxylation sites is 1. The standard InChI is InChI=1S/C19H26O4S.C2H5NO/c1-18(2,3)19(23-24(20)21,22-17-12-8-5-9-13-17)15-14-16-10-6-4-7-11-16;1-2(3)4/h5,8-9,12-13,16H,4,6-7,10-11H2,1-3H3,(H,20,21);1H3,(H2,3,4). The zero-order valence-electron chi connectivity index (χ0n) is 17.1. The molecule has 7 heteroatoms. The molecule has 1 aliphatic rings. The van der Waals surface area contributed by atoms with Crippen molar-refractivity contribution < 1.29 is 22.5 Å². The van der Waals surface area contributed by atoms with Crippen molar-refractivity contribution in [1.82, 2.24) is 0 Å². The van der Waals surface area contributed by atoms with Crippen molar-refractivity contribution in [3.63, 3.8) is 0 Å². The van der Waals surface area contributed by atoms with Crippen LogP contribution >= 0.6 is 0 Å². The van der Waals surface area contributed by atoms with Gasteiger partial charge in [-0.25, -0.2) is 4.18 Å². The lowest BCUT2D eigenvalue weighted by Crippen LogP contribution is -2.50. The highest BCUT2D eigenvalue weighted by molar-refractivity contribution is 7.74. The van der Waals surface area contributed by atoms with Crippen LogP contribution in [0.25, 0.3) is 0 Å². The van der Waals surface area contributed by atoms with Crippen LogP contribution in [0.15, 0.2) is 30.3 Å². The topological polar surface area (TPSA) is 98.8 Å². The molecule has 1 fully saturated rings. The van der Waals surface area contributed by atoms with Gasteiger partial charge < -0.3 is 10.5 Å². The van der Waals surface area contributed by atoms with Gasteiger partial charge in [-0.2, -0.15) is 4.21 Å². The molecule has 156 valence electrons. The van der Waals surface area contributed by atoms with E-state index in [1.165, 1.54) is 26.2 Å². The summed E-state index contributed by atoms with van der Waals surface area (Å²) in [6.07, 6.45) is 5.71. The highest BCUT2D eigenvalue weighted by atomic mass is 32.2. The van der Waals surface area contributed by atoms with E-state index in [4.69, 9.17) is 8.92 Å². The van der Waals surface area contributed by atoms with Gasteiger partial charge in [0.1, 0.15) is 5.75 Å². The Labute approximate surface area is 170 Å². The lowest BCUT2D eigenvalue weighted by Gasteiger charge is -2.38. The first-order valence-corrected chi connectivity index (χ1v) is 10.4. The Hall–Kier alpha value is -1.88. The SMILES string of the molecule is CC(C)(C)C(C#CC1CCCCC1)(Oc1ccccc1)OS(=O)O.CC(N)=O. The molecule has 1 amide bonds. The van der Waals surface area contributed by atoms with E-state index < -0.39 is 22.6 Å². The first-order valence-electron chi connectivity index (χ1n) is 9.39. The van der Waals surface area contributed by atoms with Gasteiger partial charge >= 0.3 is 11.4 Å². The maximum absolute atomic E-state index is 11.4. The van der Waals surface area contributed by atoms with Gasteiger partial charge in [-0.05, 0) is 30.9 Å². The molecule has 0 heterocycles.